The first-order valence-electron chi connectivity index (χ1n) is 10.2. The Morgan fingerprint density at radius 1 is 1.10 bits per heavy atom. The smallest absolute Gasteiger partial charge is 0.251 e. The molecule has 1 aromatic heterocycles. The molecule has 0 bridgehead atoms. The summed E-state index contributed by atoms with van der Waals surface area (Å²) in [5, 5.41) is 8.00. The highest BCUT2D eigenvalue weighted by Crippen LogP contribution is 2.22. The highest BCUT2D eigenvalue weighted by Gasteiger charge is 2.16. The number of benzene rings is 1. The maximum absolute atomic E-state index is 12.3. The van der Waals surface area contributed by atoms with E-state index in [0.29, 0.717) is 10.7 Å². The Kier molecular flexibility index (Phi) is 7.03. The minimum absolute atomic E-state index is 0.0372. The van der Waals surface area contributed by atoms with Crippen LogP contribution in [0.3, 0.4) is 0 Å². The van der Waals surface area contributed by atoms with Gasteiger partial charge in [0.1, 0.15) is 0 Å². The first-order chi connectivity index (χ1) is 13.8. The lowest BCUT2D eigenvalue weighted by molar-refractivity contribution is -0.115. The van der Waals surface area contributed by atoms with Gasteiger partial charge in [-0.1, -0.05) is 39.3 Å². The van der Waals surface area contributed by atoms with Gasteiger partial charge in [0.15, 0.2) is 5.13 Å². The fraction of sp³-hybridized carbons (Fsp3) is 0.500. The number of nitrogens with zero attached hydrogens (tertiary/aromatic N) is 2. The third-order valence-electron chi connectivity index (χ3n) is 5.06. The summed E-state index contributed by atoms with van der Waals surface area (Å²) in [4.78, 5) is 31.3. The number of nitrogens with one attached hydrogen (secondary N) is 2. The number of anilines is 1. The van der Waals surface area contributed by atoms with Gasteiger partial charge in [-0.15, -0.1) is 11.3 Å². The van der Waals surface area contributed by atoms with Crippen LogP contribution in [0.25, 0.3) is 0 Å². The molecule has 29 heavy (non-hydrogen) atoms. The largest absolute Gasteiger partial charge is 0.343 e. The van der Waals surface area contributed by atoms with Crippen LogP contribution in [0.5, 0.6) is 0 Å². The Morgan fingerprint density at radius 2 is 1.79 bits per heavy atom. The highest BCUT2D eigenvalue weighted by molar-refractivity contribution is 7.13. The molecule has 2 N–H and O–H groups in total. The monoisotopic (exact) mass is 414 g/mol. The Labute approximate surface area is 176 Å². The summed E-state index contributed by atoms with van der Waals surface area (Å²) in [6, 6.07) is 7.49. The second-order valence-corrected chi connectivity index (χ2v) is 9.40. The molecule has 1 saturated heterocycles. The summed E-state index contributed by atoms with van der Waals surface area (Å²) < 4.78 is 0. The Morgan fingerprint density at radius 3 is 2.45 bits per heavy atom. The maximum Gasteiger partial charge on any atom is 0.251 e. The number of aromatic nitrogens is 1. The lowest BCUT2D eigenvalue weighted by atomic mass is 9.87. The third-order valence-corrected chi connectivity index (χ3v) is 5.86. The zero-order valence-electron chi connectivity index (χ0n) is 17.5. The van der Waals surface area contributed by atoms with Crippen molar-refractivity contribution >= 4 is 28.3 Å². The first-order valence-corrected chi connectivity index (χ1v) is 11.0. The number of carbonyl (C=O) groups excluding carboxylic acids is 2. The van der Waals surface area contributed by atoms with E-state index in [0.717, 1.165) is 30.9 Å². The zero-order valence-corrected chi connectivity index (χ0v) is 18.3. The van der Waals surface area contributed by atoms with Gasteiger partial charge in [0.2, 0.25) is 5.91 Å². The van der Waals surface area contributed by atoms with Crippen molar-refractivity contribution < 1.29 is 9.59 Å². The van der Waals surface area contributed by atoms with Gasteiger partial charge in [-0.2, -0.15) is 0 Å². The predicted octanol–water partition coefficient (Wildman–Crippen LogP) is 3.80. The fourth-order valence-electron chi connectivity index (χ4n) is 3.33. The Hall–Kier alpha value is -2.25. The predicted molar refractivity (Wildman–Crippen MR) is 117 cm³/mol. The van der Waals surface area contributed by atoms with Crippen LogP contribution in [-0.2, 0) is 16.8 Å². The van der Waals surface area contributed by atoms with Crippen molar-refractivity contribution in [3.63, 3.8) is 0 Å². The molecule has 1 aromatic carbocycles. The Bertz CT molecular complexity index is 833. The third kappa shape index (κ3) is 6.37. The second kappa shape index (κ2) is 9.50. The maximum atomic E-state index is 12.3. The molecule has 2 heterocycles. The van der Waals surface area contributed by atoms with Crippen molar-refractivity contribution in [2.75, 3.05) is 25.0 Å². The first kappa shape index (κ1) is 21.5. The van der Waals surface area contributed by atoms with Crippen molar-refractivity contribution in [2.24, 2.45) is 0 Å². The van der Waals surface area contributed by atoms with E-state index in [1.165, 1.54) is 30.6 Å². The SMILES string of the molecule is CC(C)(C)c1ccc(C(=O)NCC(=O)Nc2nc(CN3CCCCC3)cs2)cc1. The lowest BCUT2D eigenvalue weighted by Gasteiger charge is -2.25. The van der Waals surface area contributed by atoms with Gasteiger partial charge >= 0.3 is 0 Å². The van der Waals surface area contributed by atoms with E-state index in [4.69, 9.17) is 0 Å². The van der Waals surface area contributed by atoms with Crippen LogP contribution in [0.1, 0.15) is 61.6 Å². The number of thiazole rings is 1. The normalized spacial score (nSPS) is 15.1. The summed E-state index contributed by atoms with van der Waals surface area (Å²) in [5.41, 5.74) is 2.73. The van der Waals surface area contributed by atoms with Crippen molar-refractivity contribution in [1.29, 1.82) is 0 Å². The number of amides is 2. The summed E-state index contributed by atoms with van der Waals surface area (Å²) in [5.74, 6) is -0.533. The van der Waals surface area contributed by atoms with Crippen LogP contribution in [0.4, 0.5) is 5.13 Å². The number of hydrogen-bond acceptors (Lipinski definition) is 5. The summed E-state index contributed by atoms with van der Waals surface area (Å²) in [6.07, 6.45) is 3.79. The van der Waals surface area contributed by atoms with Crippen molar-refractivity contribution in [3.05, 3.63) is 46.5 Å². The molecule has 1 aliphatic rings. The van der Waals surface area contributed by atoms with Gasteiger partial charge in [0, 0.05) is 17.5 Å². The van der Waals surface area contributed by atoms with Crippen LogP contribution >= 0.6 is 11.3 Å². The van der Waals surface area contributed by atoms with Crippen molar-refractivity contribution in [1.82, 2.24) is 15.2 Å². The molecule has 1 aliphatic heterocycles. The summed E-state index contributed by atoms with van der Waals surface area (Å²) >= 11 is 1.42. The van der Waals surface area contributed by atoms with Gasteiger partial charge < -0.3 is 10.6 Å². The minimum Gasteiger partial charge on any atom is -0.343 e. The van der Waals surface area contributed by atoms with Gasteiger partial charge in [0.25, 0.3) is 5.91 Å². The van der Waals surface area contributed by atoms with E-state index in [1.54, 1.807) is 12.1 Å². The molecular formula is C22H30N4O2S. The number of piperidine rings is 1. The molecule has 0 atom stereocenters. The van der Waals surface area contributed by atoms with Crippen LogP contribution in [0, 0.1) is 0 Å². The van der Waals surface area contributed by atoms with Crippen molar-refractivity contribution in [2.45, 2.75) is 52.0 Å². The Balaban J connectivity index is 1.45. The molecule has 0 saturated carbocycles. The molecule has 6 nitrogen and oxygen atoms in total. The molecule has 2 amide bonds. The summed E-state index contributed by atoms with van der Waals surface area (Å²) in [6.45, 7) is 9.35. The topological polar surface area (TPSA) is 74.3 Å². The molecule has 7 heteroatoms. The van der Waals surface area contributed by atoms with Gasteiger partial charge in [-0.25, -0.2) is 4.98 Å². The standard InChI is InChI=1S/C22H30N4O2S/c1-22(2,3)17-9-7-16(8-10-17)20(28)23-13-19(27)25-21-24-18(15-29-21)14-26-11-5-4-6-12-26/h7-10,15H,4-6,11-14H2,1-3H3,(H,23,28)(H,24,25,27). The van der Waals surface area contributed by atoms with E-state index >= 15 is 0 Å². The zero-order chi connectivity index (χ0) is 20.9. The molecule has 156 valence electrons. The number of carbonyl (C=O) groups is 2. The number of hydrogen-bond donors (Lipinski definition) is 2. The average molecular weight is 415 g/mol. The minimum atomic E-state index is -0.275. The van der Waals surface area contributed by atoms with E-state index in [-0.39, 0.29) is 23.8 Å². The highest BCUT2D eigenvalue weighted by atomic mass is 32.1. The van der Waals surface area contributed by atoms with E-state index < -0.39 is 0 Å². The van der Waals surface area contributed by atoms with Crippen molar-refractivity contribution in [3.8, 4) is 0 Å². The molecule has 0 unspecified atom stereocenters. The number of rotatable bonds is 6. The van der Waals surface area contributed by atoms with E-state index in [2.05, 4.69) is 41.3 Å². The van der Waals surface area contributed by atoms with Crippen LogP contribution in [0.15, 0.2) is 29.6 Å². The van der Waals surface area contributed by atoms with Gasteiger partial charge in [0.05, 0.1) is 12.2 Å². The second-order valence-electron chi connectivity index (χ2n) is 8.54. The van der Waals surface area contributed by atoms with Gasteiger partial charge in [-0.3, -0.25) is 14.5 Å². The molecule has 0 spiro atoms. The van der Waals surface area contributed by atoms with Crippen LogP contribution in [0.2, 0.25) is 0 Å². The fourth-order valence-corrected chi connectivity index (χ4v) is 4.05. The van der Waals surface area contributed by atoms with Crippen LogP contribution < -0.4 is 10.6 Å². The molecule has 1 fully saturated rings. The van der Waals surface area contributed by atoms with Gasteiger partial charge in [-0.05, 0) is 49.0 Å². The average Bonchev–Trinajstić information content (AvgIpc) is 3.13. The molecule has 2 aromatic rings. The summed E-state index contributed by atoms with van der Waals surface area (Å²) in [7, 11) is 0. The lowest BCUT2D eigenvalue weighted by Crippen LogP contribution is -2.33. The molecule has 3 rings (SSSR count). The molecular weight excluding hydrogens is 384 g/mol. The van der Waals surface area contributed by atoms with E-state index in [1.807, 2.05) is 17.5 Å². The number of likely N-dealkylation sites (tertiary alicyclic amines) is 1. The molecule has 0 radical (unpaired) electrons. The van der Waals surface area contributed by atoms with Crippen LogP contribution in [-0.4, -0.2) is 41.3 Å². The van der Waals surface area contributed by atoms with E-state index in [9.17, 15) is 9.59 Å². The molecule has 0 aliphatic carbocycles. The quantitative estimate of drug-likeness (QED) is 0.754.